The summed E-state index contributed by atoms with van der Waals surface area (Å²) in [4.78, 5) is 4.51. The van der Waals surface area contributed by atoms with E-state index < -0.39 is 6.35 Å². The van der Waals surface area contributed by atoms with Gasteiger partial charge < -0.3 is 4.84 Å². The highest BCUT2D eigenvalue weighted by Gasteiger charge is 2.20. The van der Waals surface area contributed by atoms with E-state index in [1.54, 1.807) is 0 Å². The van der Waals surface area contributed by atoms with Crippen LogP contribution in [0.5, 0.6) is 0 Å². The van der Waals surface area contributed by atoms with Gasteiger partial charge in [-0.15, -0.1) is 5.12 Å². The Hall–Kier alpha value is -1.97. The van der Waals surface area contributed by atoms with Crippen LogP contribution in [0.2, 0.25) is 0 Å². The van der Waals surface area contributed by atoms with Crippen molar-refractivity contribution in [2.45, 2.75) is 6.35 Å². The number of rotatable bonds is 2. The van der Waals surface area contributed by atoms with E-state index in [9.17, 15) is 0 Å². The van der Waals surface area contributed by atoms with Crippen molar-refractivity contribution < 1.29 is 9.47 Å². The Morgan fingerprint density at radius 2 is 2.50 bits per heavy atom. The summed E-state index contributed by atoms with van der Waals surface area (Å²) in [6.45, 7) is 0. The second-order valence-electron chi connectivity index (χ2n) is 1.80. The zero-order valence-corrected chi connectivity index (χ0v) is 5.65. The topological polar surface area (TPSA) is 127 Å². The number of nitrogens with one attached hydrogen (secondary N) is 1. The van der Waals surface area contributed by atoms with Gasteiger partial charge in [0.2, 0.25) is 0 Å². The minimum atomic E-state index is -0.802. The summed E-state index contributed by atoms with van der Waals surface area (Å²) < 4.78 is 4.21. The SMILES string of the molecule is NC1ON=NN1Nc1nnon1. The van der Waals surface area contributed by atoms with Gasteiger partial charge in [-0.25, -0.2) is 10.1 Å². The predicted octanol–water partition coefficient (Wildman–Crippen LogP) is -1.35. The first kappa shape index (κ1) is 6.72. The molecule has 64 valence electrons. The van der Waals surface area contributed by atoms with Crippen LogP contribution in [0.25, 0.3) is 0 Å². The van der Waals surface area contributed by atoms with E-state index in [1.165, 1.54) is 0 Å². The molecule has 1 aromatic rings. The molecule has 0 radical (unpaired) electrons. The maximum Gasteiger partial charge on any atom is 0.305 e. The minimum absolute atomic E-state index is 0.120. The molecule has 0 spiro atoms. The van der Waals surface area contributed by atoms with Gasteiger partial charge in [0, 0.05) is 0 Å². The normalized spacial score (nSPS) is 21.1. The second-order valence-corrected chi connectivity index (χ2v) is 1.80. The van der Waals surface area contributed by atoms with Crippen molar-refractivity contribution >= 4 is 5.95 Å². The summed E-state index contributed by atoms with van der Waals surface area (Å²) in [6.07, 6.45) is -0.802. The van der Waals surface area contributed by atoms with E-state index in [-0.39, 0.29) is 5.95 Å². The summed E-state index contributed by atoms with van der Waals surface area (Å²) in [6, 6.07) is 0. The molecule has 0 aliphatic carbocycles. The Morgan fingerprint density at radius 3 is 3.08 bits per heavy atom. The van der Waals surface area contributed by atoms with Crippen LogP contribution in [0.4, 0.5) is 5.95 Å². The molecule has 2 rings (SSSR count). The Labute approximate surface area is 65.2 Å². The zero-order valence-electron chi connectivity index (χ0n) is 5.65. The fourth-order valence-electron chi connectivity index (χ4n) is 0.568. The molecule has 1 unspecified atom stereocenters. The second kappa shape index (κ2) is 2.58. The molecule has 0 amide bonds. The van der Waals surface area contributed by atoms with Crippen molar-refractivity contribution in [3.8, 4) is 0 Å². The molecule has 2 heterocycles. The van der Waals surface area contributed by atoms with Gasteiger partial charge in [-0.05, 0) is 10.4 Å². The molecule has 3 N–H and O–H groups in total. The van der Waals surface area contributed by atoms with Crippen LogP contribution in [0.15, 0.2) is 15.1 Å². The molecule has 0 saturated heterocycles. The van der Waals surface area contributed by atoms with Gasteiger partial charge in [-0.1, -0.05) is 5.10 Å². The van der Waals surface area contributed by atoms with Crippen LogP contribution < -0.4 is 11.2 Å². The third kappa shape index (κ3) is 1.10. The molecule has 1 atom stereocenters. The molecule has 0 bridgehead atoms. The summed E-state index contributed by atoms with van der Waals surface area (Å²) in [7, 11) is 0. The first-order valence-electron chi connectivity index (χ1n) is 2.90. The van der Waals surface area contributed by atoms with Gasteiger partial charge in [0.05, 0.1) is 10.5 Å². The highest BCUT2D eigenvalue weighted by Crippen LogP contribution is 2.07. The summed E-state index contributed by atoms with van der Waals surface area (Å²) in [5.41, 5.74) is 7.86. The van der Waals surface area contributed by atoms with Gasteiger partial charge >= 0.3 is 5.95 Å². The molecular formula is C2H4N8O2. The summed E-state index contributed by atoms with van der Waals surface area (Å²) in [5.74, 6) is 0.120. The van der Waals surface area contributed by atoms with Crippen molar-refractivity contribution in [2.75, 3.05) is 5.43 Å². The van der Waals surface area contributed by atoms with E-state index in [0.29, 0.717) is 0 Å². The van der Waals surface area contributed by atoms with Crippen molar-refractivity contribution in [1.82, 2.24) is 20.6 Å². The fourth-order valence-corrected chi connectivity index (χ4v) is 0.568. The average Bonchev–Trinajstić information content (AvgIpc) is 2.65. The maximum absolute atomic E-state index is 5.34. The maximum atomic E-state index is 5.34. The first-order chi connectivity index (χ1) is 5.86. The largest absolute Gasteiger partial charge is 0.332 e. The zero-order chi connectivity index (χ0) is 8.39. The standard InChI is InChI=1S/C2H4N8O2/c3-1-10(7-9-11-1)5-2-4-8-12-6-2/h1H,3H2,(H,5,6). The molecule has 10 heteroatoms. The van der Waals surface area contributed by atoms with Crippen LogP contribution in [0, 0.1) is 0 Å². The molecule has 1 aliphatic heterocycles. The predicted molar refractivity (Wildman–Crippen MR) is 31.5 cm³/mol. The van der Waals surface area contributed by atoms with E-state index in [1.807, 2.05) is 0 Å². The fraction of sp³-hybridized carbons (Fsp3) is 0.500. The number of hydrogen-bond donors (Lipinski definition) is 2. The Morgan fingerprint density at radius 1 is 1.58 bits per heavy atom. The monoisotopic (exact) mass is 172 g/mol. The van der Waals surface area contributed by atoms with Crippen molar-refractivity contribution in [3.05, 3.63) is 0 Å². The highest BCUT2D eigenvalue weighted by molar-refractivity contribution is 5.15. The minimum Gasteiger partial charge on any atom is -0.332 e. The van der Waals surface area contributed by atoms with Crippen LogP contribution in [-0.2, 0) is 4.84 Å². The molecular weight excluding hydrogens is 168 g/mol. The van der Waals surface area contributed by atoms with Crippen LogP contribution >= 0.6 is 0 Å². The first-order valence-corrected chi connectivity index (χ1v) is 2.90. The smallest absolute Gasteiger partial charge is 0.305 e. The lowest BCUT2D eigenvalue weighted by atomic mass is 11.0. The van der Waals surface area contributed by atoms with Crippen LogP contribution in [0.3, 0.4) is 0 Å². The number of hydrogen-bond acceptors (Lipinski definition) is 10. The lowest BCUT2D eigenvalue weighted by molar-refractivity contribution is 0.0191. The molecule has 1 aromatic heterocycles. The lowest BCUT2D eigenvalue weighted by Gasteiger charge is -2.13. The van der Waals surface area contributed by atoms with Gasteiger partial charge in [-0.2, -0.15) is 0 Å². The number of aromatic nitrogens is 3. The number of anilines is 1. The third-order valence-electron chi connectivity index (χ3n) is 1.04. The van der Waals surface area contributed by atoms with E-state index in [4.69, 9.17) is 5.73 Å². The van der Waals surface area contributed by atoms with Crippen molar-refractivity contribution in [1.29, 1.82) is 0 Å². The lowest BCUT2D eigenvalue weighted by Crippen LogP contribution is -2.39. The van der Waals surface area contributed by atoms with Gasteiger partial charge in [-0.3, -0.25) is 5.73 Å². The Kier molecular flexibility index (Phi) is 1.44. The molecule has 0 saturated carbocycles. The van der Waals surface area contributed by atoms with Gasteiger partial charge in [0.1, 0.15) is 0 Å². The van der Waals surface area contributed by atoms with Gasteiger partial charge in [0.15, 0.2) is 0 Å². The van der Waals surface area contributed by atoms with E-state index in [0.717, 1.165) is 5.12 Å². The molecule has 10 nitrogen and oxygen atoms in total. The summed E-state index contributed by atoms with van der Waals surface area (Å²) >= 11 is 0. The van der Waals surface area contributed by atoms with Crippen molar-refractivity contribution in [2.24, 2.45) is 16.2 Å². The van der Waals surface area contributed by atoms with E-state index in [2.05, 4.69) is 40.9 Å². The Balaban J connectivity index is 1.99. The Bertz CT molecular complexity index is 269. The average molecular weight is 172 g/mol. The number of nitrogens with two attached hydrogens (primary N) is 1. The molecule has 0 aromatic carbocycles. The van der Waals surface area contributed by atoms with Crippen molar-refractivity contribution in [3.63, 3.8) is 0 Å². The van der Waals surface area contributed by atoms with Crippen LogP contribution in [0.1, 0.15) is 0 Å². The third-order valence-corrected chi connectivity index (χ3v) is 1.04. The molecule has 1 aliphatic rings. The quantitative estimate of drug-likeness (QED) is 0.560. The molecule has 12 heavy (non-hydrogen) atoms. The summed E-state index contributed by atoms with van der Waals surface area (Å²) in [5, 5.41) is 17.6. The highest BCUT2D eigenvalue weighted by atomic mass is 16.7. The molecule has 0 fully saturated rings. The van der Waals surface area contributed by atoms with Crippen LogP contribution in [-0.4, -0.2) is 27.0 Å². The number of nitrogens with zero attached hydrogens (tertiary/aromatic N) is 6. The van der Waals surface area contributed by atoms with Gasteiger partial charge in [0.25, 0.3) is 6.35 Å². The van der Waals surface area contributed by atoms with E-state index >= 15 is 0 Å². The number of hydrazine groups is 1.